The van der Waals surface area contributed by atoms with Crippen molar-refractivity contribution in [2.45, 2.75) is 6.54 Å². The van der Waals surface area contributed by atoms with E-state index in [4.69, 9.17) is 27.5 Å². The van der Waals surface area contributed by atoms with Crippen molar-refractivity contribution in [3.63, 3.8) is 0 Å². The second-order valence-corrected chi connectivity index (χ2v) is 7.54. The Bertz CT molecular complexity index is 1270. The highest BCUT2D eigenvalue weighted by Crippen LogP contribution is 2.42. The maximum absolute atomic E-state index is 12.8. The van der Waals surface area contributed by atoms with Gasteiger partial charge in [-0.3, -0.25) is 4.79 Å². The van der Waals surface area contributed by atoms with Gasteiger partial charge in [0.1, 0.15) is 32.9 Å². The summed E-state index contributed by atoms with van der Waals surface area (Å²) in [5, 5.41) is 13.4. The number of carbonyl (C=O) groups is 1. The summed E-state index contributed by atoms with van der Waals surface area (Å²) in [7, 11) is 0. The van der Waals surface area contributed by atoms with Gasteiger partial charge in [0.05, 0.1) is 17.5 Å². The van der Waals surface area contributed by atoms with E-state index in [2.05, 4.69) is 10.3 Å². The summed E-state index contributed by atoms with van der Waals surface area (Å²) in [5.74, 6) is 0.108. The van der Waals surface area contributed by atoms with Crippen LogP contribution in [-0.4, -0.2) is 10.9 Å². The number of halogens is 1. The highest BCUT2D eigenvalue weighted by molar-refractivity contribution is 7.21. The van der Waals surface area contributed by atoms with Gasteiger partial charge >= 0.3 is 0 Å². The molecule has 4 aromatic rings. The molecule has 1 amide bonds. The van der Waals surface area contributed by atoms with E-state index in [9.17, 15) is 10.1 Å². The molecule has 0 aliphatic rings. The molecule has 5 N–H and O–H groups in total. The van der Waals surface area contributed by atoms with Crippen LogP contribution in [0.4, 0.5) is 11.5 Å². The number of fused-ring (bicyclic) bond motifs is 1. The van der Waals surface area contributed by atoms with Crippen molar-refractivity contribution < 1.29 is 9.21 Å². The van der Waals surface area contributed by atoms with Gasteiger partial charge in [-0.25, -0.2) is 4.98 Å². The van der Waals surface area contributed by atoms with Crippen molar-refractivity contribution in [2.24, 2.45) is 0 Å². The quantitative estimate of drug-likeness (QED) is 0.451. The van der Waals surface area contributed by atoms with Crippen LogP contribution in [0.25, 0.3) is 21.5 Å². The molecule has 0 bridgehead atoms. The summed E-state index contributed by atoms with van der Waals surface area (Å²) in [6.07, 6.45) is 1.48. The predicted octanol–water partition coefficient (Wildman–Crippen LogP) is 4.18. The molecule has 1 aromatic carbocycles. The third-order valence-electron chi connectivity index (χ3n) is 4.39. The zero-order valence-corrected chi connectivity index (χ0v) is 16.5. The van der Waals surface area contributed by atoms with Gasteiger partial charge in [0.15, 0.2) is 0 Å². The number of aromatic nitrogens is 1. The molecule has 0 saturated heterocycles. The first-order valence-electron chi connectivity index (χ1n) is 8.48. The molecule has 7 nitrogen and oxygen atoms in total. The second-order valence-electron chi connectivity index (χ2n) is 6.14. The number of carbonyl (C=O) groups excluding carboxylic acids is 1. The van der Waals surface area contributed by atoms with Crippen molar-refractivity contribution in [3.05, 3.63) is 63.7 Å². The standard InChI is InChI=1S/C20H14ClN5O2S/c21-12-5-2-1-4-10(12)9-25-19(27)17-16(23)15-14(13-6-3-7-28-13)11(8-22)18(24)26-20(15)29-17/h1-7H,9,23H2,(H2,24,26)(H,25,27). The number of nitrogen functional groups attached to an aromatic ring is 2. The fourth-order valence-electron chi connectivity index (χ4n) is 3.02. The lowest BCUT2D eigenvalue weighted by atomic mass is 10.0. The number of rotatable bonds is 4. The maximum atomic E-state index is 12.8. The van der Waals surface area contributed by atoms with E-state index in [1.54, 1.807) is 18.2 Å². The average Bonchev–Trinajstić information content (AvgIpc) is 3.34. The zero-order chi connectivity index (χ0) is 20.5. The third kappa shape index (κ3) is 3.27. The molecule has 0 saturated carbocycles. The number of nitrogens with two attached hydrogens (primary N) is 2. The first kappa shape index (κ1) is 18.8. The Hall–Kier alpha value is -3.54. The molecule has 0 atom stereocenters. The molecule has 9 heteroatoms. The van der Waals surface area contributed by atoms with E-state index >= 15 is 0 Å². The Labute approximate surface area is 174 Å². The van der Waals surface area contributed by atoms with Crippen LogP contribution in [0.15, 0.2) is 47.1 Å². The van der Waals surface area contributed by atoms with E-state index in [1.807, 2.05) is 24.3 Å². The monoisotopic (exact) mass is 423 g/mol. The van der Waals surface area contributed by atoms with Gasteiger partial charge in [-0.1, -0.05) is 29.8 Å². The Kier molecular flexibility index (Phi) is 4.84. The number of nitriles is 1. The first-order chi connectivity index (χ1) is 14.0. The van der Waals surface area contributed by atoms with Gasteiger partial charge in [-0.15, -0.1) is 11.3 Å². The molecule has 0 aliphatic carbocycles. The van der Waals surface area contributed by atoms with Gasteiger partial charge in [-0.2, -0.15) is 5.26 Å². The first-order valence-corrected chi connectivity index (χ1v) is 9.67. The molecule has 0 unspecified atom stereocenters. The fourth-order valence-corrected chi connectivity index (χ4v) is 4.25. The van der Waals surface area contributed by atoms with Crippen LogP contribution in [-0.2, 0) is 6.54 Å². The summed E-state index contributed by atoms with van der Waals surface area (Å²) in [4.78, 5) is 17.8. The van der Waals surface area contributed by atoms with E-state index < -0.39 is 0 Å². The highest BCUT2D eigenvalue weighted by Gasteiger charge is 2.25. The Balaban J connectivity index is 1.78. The molecule has 0 fully saturated rings. The number of nitrogens with zero attached hydrogens (tertiary/aromatic N) is 2. The molecule has 3 aromatic heterocycles. The lowest BCUT2D eigenvalue weighted by molar-refractivity contribution is 0.0956. The third-order valence-corrected chi connectivity index (χ3v) is 5.85. The van der Waals surface area contributed by atoms with E-state index in [1.165, 1.54) is 6.26 Å². The Morgan fingerprint density at radius 2 is 2.07 bits per heavy atom. The predicted molar refractivity (Wildman–Crippen MR) is 113 cm³/mol. The average molecular weight is 424 g/mol. The minimum Gasteiger partial charge on any atom is -0.464 e. The number of nitrogens with one attached hydrogen (secondary N) is 1. The minimum absolute atomic E-state index is 0.0516. The topological polar surface area (TPSA) is 131 Å². The number of hydrogen-bond acceptors (Lipinski definition) is 7. The number of pyridine rings is 1. The number of amides is 1. The summed E-state index contributed by atoms with van der Waals surface area (Å²) >= 11 is 7.24. The van der Waals surface area contributed by atoms with Gasteiger partial charge in [0, 0.05) is 17.0 Å². The van der Waals surface area contributed by atoms with Crippen molar-refractivity contribution in [1.29, 1.82) is 5.26 Å². The van der Waals surface area contributed by atoms with Gasteiger partial charge in [-0.05, 0) is 23.8 Å². The summed E-state index contributed by atoms with van der Waals surface area (Å²) in [6, 6.07) is 12.7. The lowest BCUT2D eigenvalue weighted by Gasteiger charge is -2.07. The molecular weight excluding hydrogens is 410 g/mol. The number of benzene rings is 1. The smallest absolute Gasteiger partial charge is 0.263 e. The van der Waals surface area contributed by atoms with Gasteiger partial charge in [0.25, 0.3) is 5.91 Å². The highest BCUT2D eigenvalue weighted by atomic mass is 35.5. The van der Waals surface area contributed by atoms with Gasteiger partial charge < -0.3 is 21.2 Å². The van der Waals surface area contributed by atoms with Gasteiger partial charge in [0.2, 0.25) is 0 Å². The number of thiophene rings is 1. The van der Waals surface area contributed by atoms with Crippen LogP contribution in [0.3, 0.4) is 0 Å². The fraction of sp³-hybridized carbons (Fsp3) is 0.0500. The van der Waals surface area contributed by atoms with E-state index in [0.29, 0.717) is 26.6 Å². The number of furan rings is 1. The molecular formula is C20H14ClN5O2S. The Morgan fingerprint density at radius 3 is 2.76 bits per heavy atom. The van der Waals surface area contributed by atoms with E-state index in [-0.39, 0.29) is 34.4 Å². The SMILES string of the molecule is N#Cc1c(N)nc2sc(C(=O)NCc3ccccc3Cl)c(N)c2c1-c1ccco1. The van der Waals surface area contributed by atoms with Crippen LogP contribution in [0.2, 0.25) is 5.02 Å². The molecule has 4 rings (SSSR count). The molecule has 3 heterocycles. The van der Waals surface area contributed by atoms with Crippen molar-refractivity contribution in [2.75, 3.05) is 11.5 Å². The van der Waals surface area contributed by atoms with Crippen LogP contribution in [0.1, 0.15) is 20.8 Å². The van der Waals surface area contributed by atoms with Crippen molar-refractivity contribution in [3.8, 4) is 17.4 Å². The van der Waals surface area contributed by atoms with Crippen LogP contribution >= 0.6 is 22.9 Å². The lowest BCUT2D eigenvalue weighted by Crippen LogP contribution is -2.22. The molecule has 0 spiro atoms. The second kappa shape index (κ2) is 7.47. The normalized spacial score (nSPS) is 10.8. The number of anilines is 2. The molecule has 144 valence electrons. The zero-order valence-electron chi connectivity index (χ0n) is 14.9. The van der Waals surface area contributed by atoms with Crippen LogP contribution in [0.5, 0.6) is 0 Å². The van der Waals surface area contributed by atoms with Crippen molar-refractivity contribution >= 4 is 50.6 Å². The summed E-state index contributed by atoms with van der Waals surface area (Å²) in [6.45, 7) is 0.246. The molecule has 0 radical (unpaired) electrons. The number of hydrogen-bond donors (Lipinski definition) is 3. The minimum atomic E-state index is -0.368. The Morgan fingerprint density at radius 1 is 1.28 bits per heavy atom. The maximum Gasteiger partial charge on any atom is 0.263 e. The van der Waals surface area contributed by atoms with E-state index in [0.717, 1.165) is 16.9 Å². The van der Waals surface area contributed by atoms with Crippen LogP contribution < -0.4 is 16.8 Å². The molecule has 0 aliphatic heterocycles. The van der Waals surface area contributed by atoms with Crippen LogP contribution in [0, 0.1) is 11.3 Å². The van der Waals surface area contributed by atoms with Crippen molar-refractivity contribution in [1.82, 2.24) is 10.3 Å². The largest absolute Gasteiger partial charge is 0.464 e. The summed E-state index contributed by atoms with van der Waals surface area (Å²) in [5.41, 5.74) is 13.9. The molecule has 29 heavy (non-hydrogen) atoms. The summed E-state index contributed by atoms with van der Waals surface area (Å²) < 4.78 is 5.47.